The fourth-order valence-electron chi connectivity index (χ4n) is 0.625. The van der Waals surface area contributed by atoms with E-state index < -0.39 is 7.05 Å². The Labute approximate surface area is 71.7 Å². The summed E-state index contributed by atoms with van der Waals surface area (Å²) in [7, 11) is -1.14. The van der Waals surface area contributed by atoms with E-state index in [1.54, 1.807) is 0 Å². The molecule has 0 radical (unpaired) electrons. The van der Waals surface area contributed by atoms with Gasteiger partial charge in [-0.25, -0.2) is 0 Å². The summed E-state index contributed by atoms with van der Waals surface area (Å²) in [5, 5.41) is 19.9. The van der Waals surface area contributed by atoms with Crippen LogP contribution in [-0.4, -0.2) is 23.1 Å². The quantitative estimate of drug-likeness (QED) is 0.319. The Bertz CT molecular complexity index is 199. The molecule has 0 bridgehead atoms. The second-order valence-electron chi connectivity index (χ2n) is 2.31. The number of carbonyl (C=O) groups excluding carboxylic acids is 1. The molecule has 0 spiro atoms. The molecule has 66 valence electrons. The van der Waals surface area contributed by atoms with E-state index in [-0.39, 0.29) is 18.1 Å². The molecule has 12 heavy (non-hydrogen) atoms. The van der Waals surface area contributed by atoms with E-state index in [1.807, 2.05) is 0 Å². The summed E-state index contributed by atoms with van der Waals surface area (Å²) >= 11 is 0. The van der Waals surface area contributed by atoms with Crippen molar-refractivity contribution >= 4 is 13.0 Å². The molecule has 0 rings (SSSR count). The predicted octanol–water partition coefficient (Wildman–Crippen LogP) is 0.160. The Kier molecular flexibility index (Phi) is 4.87. The summed E-state index contributed by atoms with van der Waals surface area (Å²) in [6, 6.07) is 0. The van der Waals surface area contributed by atoms with Crippen LogP contribution in [0, 0.1) is 0 Å². The number of aliphatic hydroxyl groups is 1. The lowest BCUT2D eigenvalue weighted by Crippen LogP contribution is -2.37. The minimum atomic E-state index is -1.14. The number of aliphatic hydroxyl groups excluding tert-OH is 1. The lowest BCUT2D eigenvalue weighted by molar-refractivity contribution is -0.118. The van der Waals surface area contributed by atoms with Crippen LogP contribution in [0.4, 0.5) is 0 Å². The van der Waals surface area contributed by atoms with Gasteiger partial charge in [-0.1, -0.05) is 6.08 Å². The molecule has 0 fully saturated rings. The number of rotatable bonds is 4. The van der Waals surface area contributed by atoms with E-state index in [0.717, 1.165) is 5.98 Å². The van der Waals surface area contributed by atoms with Crippen molar-refractivity contribution in [1.29, 1.82) is 0 Å². The van der Waals surface area contributed by atoms with Gasteiger partial charge in [-0.15, -0.1) is 6.58 Å². The molecule has 5 heteroatoms. The van der Waals surface area contributed by atoms with Crippen LogP contribution in [0.15, 0.2) is 24.4 Å². The summed E-state index contributed by atoms with van der Waals surface area (Å²) in [5.74, 6) is 0.748. The molecule has 0 aliphatic carbocycles. The zero-order chi connectivity index (χ0) is 9.56. The molecular weight excluding hydrogens is 157 g/mol. The molecule has 0 aromatic heterocycles. The van der Waals surface area contributed by atoms with Crippen LogP contribution in [0.2, 0.25) is 0 Å². The van der Waals surface area contributed by atoms with Gasteiger partial charge in [0.1, 0.15) is 0 Å². The van der Waals surface area contributed by atoms with Crippen molar-refractivity contribution in [3.63, 3.8) is 0 Å². The van der Waals surface area contributed by atoms with Crippen molar-refractivity contribution in [1.82, 2.24) is 5.23 Å². The number of amides is 1. The lowest BCUT2D eigenvalue weighted by Gasteiger charge is -2.02. The van der Waals surface area contributed by atoms with Crippen LogP contribution in [0.1, 0.15) is 13.3 Å². The Morgan fingerprint density at radius 2 is 2.33 bits per heavy atom. The summed E-state index contributed by atoms with van der Waals surface area (Å²) in [5.41, 5.74) is 0. The molecule has 4 nitrogen and oxygen atoms in total. The molecule has 0 aromatic carbocycles. The minimum Gasteiger partial charge on any atom is -0.514 e. The van der Waals surface area contributed by atoms with Gasteiger partial charge in [-0.2, -0.15) is 0 Å². The van der Waals surface area contributed by atoms with Gasteiger partial charge >= 0.3 is 7.05 Å². The smallest absolute Gasteiger partial charge is 0.444 e. The molecular formula is C7H12BNO3. The third-order valence-electron chi connectivity index (χ3n) is 1.04. The molecule has 3 N–H and O–H groups in total. The normalized spacial score (nSPS) is 10.7. The van der Waals surface area contributed by atoms with Gasteiger partial charge in [0.2, 0.25) is 5.91 Å². The Morgan fingerprint density at radius 1 is 1.75 bits per heavy atom. The van der Waals surface area contributed by atoms with Crippen molar-refractivity contribution in [2.75, 3.05) is 0 Å². The van der Waals surface area contributed by atoms with E-state index in [4.69, 9.17) is 10.1 Å². The fraction of sp³-hybridized carbons (Fsp3) is 0.286. The highest BCUT2D eigenvalue weighted by atomic mass is 16.3. The summed E-state index contributed by atoms with van der Waals surface area (Å²) in [6.07, 6.45) is 1.58. The number of carbonyl (C=O) groups is 1. The lowest BCUT2D eigenvalue weighted by atomic mass is 9.83. The summed E-state index contributed by atoms with van der Waals surface area (Å²) < 4.78 is 0. The average Bonchev–Trinajstić information content (AvgIpc) is 1.84. The second kappa shape index (κ2) is 5.43. The van der Waals surface area contributed by atoms with Gasteiger partial charge in [-0.3, -0.25) is 4.79 Å². The summed E-state index contributed by atoms with van der Waals surface area (Å²) in [4.78, 5) is 10.8. The molecule has 0 aliphatic heterocycles. The highest BCUT2D eigenvalue weighted by Crippen LogP contribution is 1.86. The van der Waals surface area contributed by atoms with Crippen LogP contribution in [0.25, 0.3) is 0 Å². The zero-order valence-corrected chi connectivity index (χ0v) is 6.95. The van der Waals surface area contributed by atoms with Crippen LogP contribution >= 0.6 is 0 Å². The van der Waals surface area contributed by atoms with Crippen molar-refractivity contribution in [3.05, 3.63) is 24.4 Å². The van der Waals surface area contributed by atoms with Gasteiger partial charge in [0.25, 0.3) is 0 Å². The third kappa shape index (κ3) is 5.55. The molecule has 0 aliphatic rings. The van der Waals surface area contributed by atoms with E-state index in [9.17, 15) is 4.79 Å². The maximum Gasteiger partial charge on any atom is 0.444 e. The minimum absolute atomic E-state index is 0.0404. The Morgan fingerprint density at radius 3 is 2.75 bits per heavy atom. The average molecular weight is 169 g/mol. The highest BCUT2D eigenvalue weighted by Gasteiger charge is 2.10. The van der Waals surface area contributed by atoms with Crippen LogP contribution in [0.3, 0.4) is 0 Å². The molecule has 0 heterocycles. The van der Waals surface area contributed by atoms with Crippen molar-refractivity contribution < 1.29 is 14.9 Å². The van der Waals surface area contributed by atoms with E-state index in [0.29, 0.717) is 0 Å². The zero-order valence-electron chi connectivity index (χ0n) is 6.95. The van der Waals surface area contributed by atoms with Crippen molar-refractivity contribution in [3.8, 4) is 0 Å². The van der Waals surface area contributed by atoms with Gasteiger partial charge in [0.05, 0.1) is 5.76 Å². The Balaban J connectivity index is 3.84. The van der Waals surface area contributed by atoms with Gasteiger partial charge in [0.15, 0.2) is 0 Å². The molecule has 0 saturated heterocycles. The number of allylic oxidation sites excluding steroid dienone is 1. The fourth-order valence-corrected chi connectivity index (χ4v) is 0.625. The van der Waals surface area contributed by atoms with Crippen molar-refractivity contribution in [2.45, 2.75) is 13.3 Å². The van der Waals surface area contributed by atoms with Gasteiger partial charge in [-0.05, 0) is 12.9 Å². The third-order valence-corrected chi connectivity index (χ3v) is 1.04. The first-order valence-corrected chi connectivity index (χ1v) is 3.52. The number of hydrogen-bond acceptors (Lipinski definition) is 3. The van der Waals surface area contributed by atoms with Crippen LogP contribution in [0.5, 0.6) is 0 Å². The standard InChI is InChI=1S/C7H12BNO3/c1-3-4-7(11)9-8(12)5-6(2)10/h3,5,10,12H,1,4H2,2H3,(H,9,11)/b6-5-. The van der Waals surface area contributed by atoms with E-state index >= 15 is 0 Å². The molecule has 0 atom stereocenters. The molecule has 1 amide bonds. The predicted molar refractivity (Wildman–Crippen MR) is 47.3 cm³/mol. The number of hydrogen-bond donors (Lipinski definition) is 3. The maximum atomic E-state index is 10.8. The summed E-state index contributed by atoms with van der Waals surface area (Å²) in [6.45, 7) is 4.77. The first kappa shape index (κ1) is 10.8. The van der Waals surface area contributed by atoms with Gasteiger partial charge in [0, 0.05) is 6.42 Å². The van der Waals surface area contributed by atoms with E-state index in [1.165, 1.54) is 13.0 Å². The molecule has 0 aromatic rings. The van der Waals surface area contributed by atoms with Crippen molar-refractivity contribution in [2.24, 2.45) is 0 Å². The second-order valence-corrected chi connectivity index (χ2v) is 2.31. The maximum absolute atomic E-state index is 10.8. The first-order chi connectivity index (χ1) is 5.56. The van der Waals surface area contributed by atoms with Crippen LogP contribution < -0.4 is 5.23 Å². The SMILES string of the molecule is C=CCC(=O)NB(O)/C=C(/C)O. The van der Waals surface area contributed by atoms with E-state index in [2.05, 4.69) is 11.8 Å². The first-order valence-electron chi connectivity index (χ1n) is 3.52. The van der Waals surface area contributed by atoms with Gasteiger partial charge < -0.3 is 15.4 Å². The molecule has 0 saturated carbocycles. The topological polar surface area (TPSA) is 69.6 Å². The Hall–Kier alpha value is -1.23. The highest BCUT2D eigenvalue weighted by molar-refractivity contribution is 6.56. The van der Waals surface area contributed by atoms with Crippen LogP contribution in [-0.2, 0) is 4.79 Å². The monoisotopic (exact) mass is 169 g/mol. The molecule has 0 unspecified atom stereocenters. The number of nitrogens with one attached hydrogen (secondary N) is 1. The largest absolute Gasteiger partial charge is 0.514 e.